The molecule has 1 aliphatic heterocycles. The van der Waals surface area contributed by atoms with Gasteiger partial charge in [0, 0.05) is 11.6 Å². The van der Waals surface area contributed by atoms with E-state index in [4.69, 9.17) is 18.9 Å². The van der Waals surface area contributed by atoms with Crippen LogP contribution in [0.5, 0.6) is 17.2 Å². The van der Waals surface area contributed by atoms with Crippen molar-refractivity contribution in [2.24, 2.45) is 4.99 Å². The lowest BCUT2D eigenvalue weighted by atomic mass is 9.99. The van der Waals surface area contributed by atoms with Crippen molar-refractivity contribution < 1.29 is 23.7 Å². The molecule has 0 atom stereocenters. The van der Waals surface area contributed by atoms with Gasteiger partial charge < -0.3 is 18.9 Å². The molecule has 2 aromatic rings. The zero-order chi connectivity index (χ0) is 20.3. The van der Waals surface area contributed by atoms with Crippen LogP contribution < -0.4 is 14.2 Å². The van der Waals surface area contributed by atoms with Crippen molar-refractivity contribution in [1.82, 2.24) is 0 Å². The SMILES string of the molecule is COc1cc(OC)cc(C2=N/C(=C/c3ccc(OC)c(C(C)C)c3)C(=O)O2)c1. The molecule has 0 bridgehead atoms. The third kappa shape index (κ3) is 4.01. The van der Waals surface area contributed by atoms with E-state index in [1.807, 2.05) is 18.2 Å². The second-order valence-electron chi connectivity index (χ2n) is 6.59. The number of rotatable bonds is 6. The molecule has 6 nitrogen and oxygen atoms in total. The van der Waals surface area contributed by atoms with E-state index in [1.165, 1.54) is 0 Å². The number of nitrogens with zero attached hydrogens (tertiary/aromatic N) is 1. The molecule has 0 fully saturated rings. The Bertz CT molecular complexity index is 937. The number of hydrogen-bond acceptors (Lipinski definition) is 6. The van der Waals surface area contributed by atoms with E-state index < -0.39 is 5.97 Å². The van der Waals surface area contributed by atoms with Gasteiger partial charge in [-0.3, -0.25) is 0 Å². The third-order valence-electron chi connectivity index (χ3n) is 4.40. The van der Waals surface area contributed by atoms with Crippen LogP contribution in [0.4, 0.5) is 0 Å². The van der Waals surface area contributed by atoms with Crippen molar-refractivity contribution in [3.05, 3.63) is 58.8 Å². The Balaban J connectivity index is 1.97. The number of aliphatic imine (C=N–C) groups is 1. The van der Waals surface area contributed by atoms with Gasteiger partial charge in [0.1, 0.15) is 17.2 Å². The molecule has 0 aromatic heterocycles. The highest BCUT2D eigenvalue weighted by atomic mass is 16.6. The zero-order valence-electron chi connectivity index (χ0n) is 16.6. The molecule has 0 unspecified atom stereocenters. The van der Waals surface area contributed by atoms with Gasteiger partial charge in [-0.25, -0.2) is 9.79 Å². The lowest BCUT2D eigenvalue weighted by molar-refractivity contribution is -0.129. The van der Waals surface area contributed by atoms with Crippen LogP contribution in [0.25, 0.3) is 6.08 Å². The highest BCUT2D eigenvalue weighted by molar-refractivity contribution is 6.13. The average molecular weight is 381 g/mol. The number of benzene rings is 2. The quantitative estimate of drug-likeness (QED) is 0.555. The monoisotopic (exact) mass is 381 g/mol. The van der Waals surface area contributed by atoms with Crippen molar-refractivity contribution in [3.8, 4) is 17.2 Å². The Morgan fingerprint density at radius 1 is 0.964 bits per heavy atom. The van der Waals surface area contributed by atoms with E-state index in [-0.39, 0.29) is 17.5 Å². The maximum atomic E-state index is 12.3. The molecule has 0 N–H and O–H groups in total. The fraction of sp³-hybridized carbons (Fsp3) is 0.273. The Kier molecular flexibility index (Phi) is 5.68. The number of esters is 1. The molecule has 3 rings (SSSR count). The van der Waals surface area contributed by atoms with Gasteiger partial charge in [-0.2, -0.15) is 0 Å². The number of cyclic esters (lactones) is 1. The first-order chi connectivity index (χ1) is 13.4. The summed E-state index contributed by atoms with van der Waals surface area (Å²) in [5.41, 5.74) is 2.75. The fourth-order valence-electron chi connectivity index (χ4n) is 2.92. The summed E-state index contributed by atoms with van der Waals surface area (Å²) in [7, 11) is 4.76. The summed E-state index contributed by atoms with van der Waals surface area (Å²) in [5.74, 6) is 1.99. The van der Waals surface area contributed by atoms with Gasteiger partial charge in [0.25, 0.3) is 0 Å². The molecular weight excluding hydrogens is 358 g/mol. The van der Waals surface area contributed by atoms with E-state index in [9.17, 15) is 4.79 Å². The Morgan fingerprint density at radius 2 is 1.64 bits per heavy atom. The van der Waals surface area contributed by atoms with Gasteiger partial charge in [-0.05, 0) is 47.4 Å². The standard InChI is InChI=1S/C22H23NO5/c1-13(2)18-8-14(6-7-20(18)27-5)9-19-22(24)28-21(23-19)15-10-16(25-3)12-17(11-15)26-4/h6-13H,1-5H3/b19-9+. The predicted molar refractivity (Wildman–Crippen MR) is 107 cm³/mol. The van der Waals surface area contributed by atoms with Gasteiger partial charge in [0.05, 0.1) is 21.3 Å². The summed E-state index contributed by atoms with van der Waals surface area (Å²) in [4.78, 5) is 16.7. The lowest BCUT2D eigenvalue weighted by Gasteiger charge is -2.12. The molecule has 0 spiro atoms. The minimum atomic E-state index is -0.501. The average Bonchev–Trinajstić information content (AvgIpc) is 3.07. The molecule has 6 heteroatoms. The number of carbonyl (C=O) groups is 1. The number of hydrogen-bond donors (Lipinski definition) is 0. The molecule has 0 amide bonds. The first kappa shape index (κ1) is 19.5. The van der Waals surface area contributed by atoms with Gasteiger partial charge in [-0.1, -0.05) is 19.9 Å². The van der Waals surface area contributed by atoms with E-state index in [0.717, 1.165) is 16.9 Å². The maximum Gasteiger partial charge on any atom is 0.363 e. The topological polar surface area (TPSA) is 66.3 Å². The zero-order valence-corrected chi connectivity index (χ0v) is 16.6. The first-order valence-electron chi connectivity index (χ1n) is 8.89. The summed E-state index contributed by atoms with van der Waals surface area (Å²) < 4.78 is 21.3. The summed E-state index contributed by atoms with van der Waals surface area (Å²) in [6, 6.07) is 11.0. The molecule has 0 aliphatic carbocycles. The van der Waals surface area contributed by atoms with Crippen LogP contribution in [0.3, 0.4) is 0 Å². The summed E-state index contributed by atoms with van der Waals surface area (Å²) >= 11 is 0. The largest absolute Gasteiger partial charge is 0.497 e. The molecule has 1 aliphatic rings. The van der Waals surface area contributed by atoms with Crippen molar-refractivity contribution in [2.45, 2.75) is 19.8 Å². The Morgan fingerprint density at radius 3 is 2.21 bits per heavy atom. The Hall–Kier alpha value is -3.28. The molecule has 0 saturated heterocycles. The lowest BCUT2D eigenvalue weighted by Crippen LogP contribution is -2.06. The van der Waals surface area contributed by atoms with Crippen LogP contribution in [-0.2, 0) is 9.53 Å². The van der Waals surface area contributed by atoms with Gasteiger partial charge in [-0.15, -0.1) is 0 Å². The minimum Gasteiger partial charge on any atom is -0.497 e. The number of carbonyl (C=O) groups excluding carboxylic acids is 1. The number of ether oxygens (including phenoxy) is 4. The van der Waals surface area contributed by atoms with Gasteiger partial charge in [0.2, 0.25) is 5.90 Å². The van der Waals surface area contributed by atoms with E-state index in [0.29, 0.717) is 17.1 Å². The minimum absolute atomic E-state index is 0.214. The van der Waals surface area contributed by atoms with Gasteiger partial charge in [0.15, 0.2) is 5.70 Å². The van der Waals surface area contributed by atoms with Crippen LogP contribution in [0.15, 0.2) is 47.1 Å². The van der Waals surface area contributed by atoms with Crippen LogP contribution in [0.1, 0.15) is 36.5 Å². The van der Waals surface area contributed by atoms with Crippen molar-refractivity contribution in [1.29, 1.82) is 0 Å². The molecular formula is C22H23NO5. The summed E-state index contributed by atoms with van der Waals surface area (Å²) in [6.07, 6.45) is 1.71. The summed E-state index contributed by atoms with van der Waals surface area (Å²) in [6.45, 7) is 4.18. The second kappa shape index (κ2) is 8.17. The van der Waals surface area contributed by atoms with E-state index in [2.05, 4.69) is 18.8 Å². The van der Waals surface area contributed by atoms with Crippen molar-refractivity contribution >= 4 is 17.9 Å². The molecule has 2 aromatic carbocycles. The van der Waals surface area contributed by atoms with Crippen molar-refractivity contribution in [2.75, 3.05) is 21.3 Å². The van der Waals surface area contributed by atoms with E-state index >= 15 is 0 Å². The molecule has 1 heterocycles. The van der Waals surface area contributed by atoms with Crippen LogP contribution >= 0.6 is 0 Å². The highest BCUT2D eigenvalue weighted by Gasteiger charge is 2.25. The van der Waals surface area contributed by atoms with Crippen LogP contribution in [0, 0.1) is 0 Å². The highest BCUT2D eigenvalue weighted by Crippen LogP contribution is 2.30. The maximum absolute atomic E-state index is 12.3. The van der Waals surface area contributed by atoms with Crippen molar-refractivity contribution in [3.63, 3.8) is 0 Å². The fourth-order valence-corrected chi connectivity index (χ4v) is 2.92. The molecule has 0 radical (unpaired) electrons. The first-order valence-corrected chi connectivity index (χ1v) is 8.89. The molecule has 146 valence electrons. The van der Waals surface area contributed by atoms with E-state index in [1.54, 1.807) is 45.6 Å². The summed E-state index contributed by atoms with van der Waals surface area (Å²) in [5, 5.41) is 0. The number of methoxy groups -OCH3 is 3. The Labute approximate surface area is 164 Å². The second-order valence-corrected chi connectivity index (χ2v) is 6.59. The van der Waals surface area contributed by atoms with Crippen LogP contribution in [-0.4, -0.2) is 33.2 Å². The van der Waals surface area contributed by atoms with Gasteiger partial charge >= 0.3 is 5.97 Å². The molecule has 28 heavy (non-hydrogen) atoms. The van der Waals surface area contributed by atoms with Crippen LogP contribution in [0.2, 0.25) is 0 Å². The third-order valence-corrected chi connectivity index (χ3v) is 4.40. The smallest absolute Gasteiger partial charge is 0.363 e. The predicted octanol–water partition coefficient (Wildman–Crippen LogP) is 4.18. The normalized spacial score (nSPS) is 14.9. The molecule has 0 saturated carbocycles.